The van der Waals surface area contributed by atoms with E-state index >= 15 is 0 Å². The van der Waals surface area contributed by atoms with Crippen LogP contribution in [0, 0.1) is 0 Å². The summed E-state index contributed by atoms with van der Waals surface area (Å²) in [7, 11) is -3.31. The molecule has 0 amide bonds. The van der Waals surface area contributed by atoms with Gasteiger partial charge in [-0.2, -0.15) is 0 Å². The maximum absolute atomic E-state index is 10.8. The van der Waals surface area contributed by atoms with Gasteiger partial charge in [-0.15, -0.1) is 0 Å². The molecule has 0 unspecified atom stereocenters. The second-order valence-corrected chi connectivity index (χ2v) is 4.34. The van der Waals surface area contributed by atoms with Crippen LogP contribution < -0.4 is 4.72 Å². The summed E-state index contributed by atoms with van der Waals surface area (Å²) in [6, 6.07) is -0.922. The largest absolute Gasteiger partial charge is 0.480 e. The predicted molar refractivity (Wildman–Crippen MR) is 37.6 cm³/mol. The van der Waals surface area contributed by atoms with Crippen LogP contribution in [0.25, 0.3) is 0 Å². The van der Waals surface area contributed by atoms with Gasteiger partial charge in [-0.1, -0.05) is 0 Å². The summed E-state index contributed by atoms with van der Waals surface area (Å²) in [4.78, 5) is 10.3. The van der Waals surface area contributed by atoms with Gasteiger partial charge >= 0.3 is 5.97 Å². The van der Waals surface area contributed by atoms with Crippen molar-refractivity contribution in [2.75, 3.05) is 5.75 Å². The molecule has 0 spiro atoms. The number of hydrogen-bond acceptors (Lipinski definition) is 3. The Morgan fingerprint density at radius 2 is 2.18 bits per heavy atom. The molecule has 1 aliphatic heterocycles. The molecule has 1 saturated heterocycles. The van der Waals surface area contributed by atoms with Crippen LogP contribution in [0.15, 0.2) is 0 Å². The normalized spacial score (nSPS) is 29.6. The molecule has 0 aromatic rings. The van der Waals surface area contributed by atoms with Gasteiger partial charge in [0.1, 0.15) is 6.04 Å². The molecule has 2 N–H and O–H groups in total. The van der Waals surface area contributed by atoms with Crippen LogP contribution in [-0.2, 0) is 14.8 Å². The van der Waals surface area contributed by atoms with E-state index in [9.17, 15) is 13.2 Å². The highest BCUT2D eigenvalue weighted by Crippen LogP contribution is 2.08. The number of aliphatic carboxylic acids is 1. The van der Waals surface area contributed by atoms with Crippen molar-refractivity contribution in [3.8, 4) is 0 Å². The topological polar surface area (TPSA) is 83.5 Å². The zero-order valence-corrected chi connectivity index (χ0v) is 6.60. The number of rotatable bonds is 1. The Labute approximate surface area is 64.5 Å². The van der Waals surface area contributed by atoms with Crippen molar-refractivity contribution < 1.29 is 18.3 Å². The summed E-state index contributed by atoms with van der Waals surface area (Å²) in [5, 5.41) is 8.44. The summed E-state index contributed by atoms with van der Waals surface area (Å²) in [6.45, 7) is 0. The molecule has 1 rings (SSSR count). The van der Waals surface area contributed by atoms with Crippen LogP contribution in [-0.4, -0.2) is 31.3 Å². The fourth-order valence-electron chi connectivity index (χ4n) is 0.986. The van der Waals surface area contributed by atoms with Crippen molar-refractivity contribution in [2.24, 2.45) is 0 Å². The zero-order chi connectivity index (χ0) is 8.48. The highest BCUT2D eigenvalue weighted by molar-refractivity contribution is 7.89. The van der Waals surface area contributed by atoms with Gasteiger partial charge in [-0.25, -0.2) is 13.1 Å². The minimum absolute atomic E-state index is 0.0385. The van der Waals surface area contributed by atoms with E-state index in [1.165, 1.54) is 0 Å². The van der Waals surface area contributed by atoms with Crippen LogP contribution in [0.4, 0.5) is 0 Å². The number of carboxylic acid groups (broad SMARTS) is 1. The third-order valence-electron chi connectivity index (χ3n) is 1.53. The SMILES string of the molecule is O=C(O)[C@H]1CCCS(=O)(=O)N1. The summed E-state index contributed by atoms with van der Waals surface area (Å²) in [5.74, 6) is -1.06. The van der Waals surface area contributed by atoms with E-state index in [0.717, 1.165) is 0 Å². The maximum Gasteiger partial charge on any atom is 0.321 e. The fraction of sp³-hybridized carbons (Fsp3) is 0.800. The first kappa shape index (κ1) is 8.48. The van der Waals surface area contributed by atoms with Gasteiger partial charge in [0.2, 0.25) is 10.0 Å². The summed E-state index contributed by atoms with van der Waals surface area (Å²) in [5.41, 5.74) is 0. The van der Waals surface area contributed by atoms with Crippen LogP contribution in [0.1, 0.15) is 12.8 Å². The molecule has 0 saturated carbocycles. The Hall–Kier alpha value is -0.620. The minimum Gasteiger partial charge on any atom is -0.480 e. The van der Waals surface area contributed by atoms with Gasteiger partial charge in [0.05, 0.1) is 5.75 Å². The highest BCUT2D eigenvalue weighted by Gasteiger charge is 2.28. The Morgan fingerprint density at radius 1 is 1.55 bits per heavy atom. The molecule has 6 heteroatoms. The van der Waals surface area contributed by atoms with Crippen molar-refractivity contribution in [1.82, 2.24) is 4.72 Å². The standard InChI is InChI=1S/C5H9NO4S/c7-5(8)4-2-1-3-11(9,10)6-4/h4,6H,1-3H2,(H,7,8)/t4-/m1/s1. The summed E-state index contributed by atoms with van der Waals surface area (Å²) >= 11 is 0. The molecule has 1 fully saturated rings. The van der Waals surface area contributed by atoms with Gasteiger partial charge in [0.25, 0.3) is 0 Å². The average Bonchev–Trinajstić information content (AvgIpc) is 1.85. The molecule has 0 aromatic carbocycles. The lowest BCUT2D eigenvalue weighted by Gasteiger charge is -2.19. The van der Waals surface area contributed by atoms with Crippen molar-refractivity contribution in [1.29, 1.82) is 0 Å². The molecular weight excluding hydrogens is 170 g/mol. The first-order chi connectivity index (χ1) is 5.01. The monoisotopic (exact) mass is 179 g/mol. The molecule has 1 heterocycles. The van der Waals surface area contributed by atoms with E-state index in [1.54, 1.807) is 0 Å². The van der Waals surface area contributed by atoms with E-state index in [2.05, 4.69) is 4.72 Å². The third-order valence-corrected chi connectivity index (χ3v) is 3.00. The number of hydrogen-bond donors (Lipinski definition) is 2. The zero-order valence-electron chi connectivity index (χ0n) is 5.78. The smallest absolute Gasteiger partial charge is 0.321 e. The lowest BCUT2D eigenvalue weighted by atomic mass is 10.2. The predicted octanol–water partition coefficient (Wildman–Crippen LogP) is -0.847. The van der Waals surface area contributed by atoms with E-state index in [1.807, 2.05) is 0 Å². The second kappa shape index (κ2) is 2.78. The molecule has 0 radical (unpaired) electrons. The fourth-order valence-corrected chi connectivity index (χ4v) is 2.30. The number of carboxylic acids is 1. The van der Waals surface area contributed by atoms with Gasteiger partial charge in [-0.3, -0.25) is 4.79 Å². The van der Waals surface area contributed by atoms with Crippen molar-refractivity contribution in [3.05, 3.63) is 0 Å². The van der Waals surface area contributed by atoms with Crippen molar-refractivity contribution in [3.63, 3.8) is 0 Å². The third kappa shape index (κ3) is 2.16. The maximum atomic E-state index is 10.8. The molecule has 11 heavy (non-hydrogen) atoms. The van der Waals surface area contributed by atoms with E-state index < -0.39 is 22.0 Å². The molecule has 0 bridgehead atoms. The molecule has 1 aliphatic rings. The highest BCUT2D eigenvalue weighted by atomic mass is 32.2. The lowest BCUT2D eigenvalue weighted by molar-refractivity contribution is -0.139. The molecule has 0 aromatic heterocycles. The molecule has 0 aliphatic carbocycles. The van der Waals surface area contributed by atoms with Gasteiger partial charge < -0.3 is 5.11 Å². The second-order valence-electron chi connectivity index (χ2n) is 2.47. The van der Waals surface area contributed by atoms with Crippen molar-refractivity contribution >= 4 is 16.0 Å². The number of nitrogens with one attached hydrogen (secondary N) is 1. The van der Waals surface area contributed by atoms with Gasteiger partial charge in [-0.05, 0) is 12.8 Å². The van der Waals surface area contributed by atoms with Crippen molar-refractivity contribution in [2.45, 2.75) is 18.9 Å². The number of carbonyl (C=O) groups is 1. The Bertz CT molecular complexity index is 258. The molecule has 64 valence electrons. The van der Waals surface area contributed by atoms with Crippen LogP contribution >= 0.6 is 0 Å². The van der Waals surface area contributed by atoms with Crippen LogP contribution in [0.5, 0.6) is 0 Å². The summed E-state index contributed by atoms with van der Waals surface area (Å²) < 4.78 is 23.6. The number of sulfonamides is 1. The first-order valence-corrected chi connectivity index (χ1v) is 4.89. The lowest BCUT2D eigenvalue weighted by Crippen LogP contribution is -2.45. The Kier molecular flexibility index (Phi) is 2.15. The summed E-state index contributed by atoms with van der Waals surface area (Å²) in [6.07, 6.45) is 0.806. The Balaban J connectivity index is 2.68. The van der Waals surface area contributed by atoms with Crippen LogP contribution in [0.3, 0.4) is 0 Å². The minimum atomic E-state index is -3.31. The van der Waals surface area contributed by atoms with Gasteiger partial charge in [0, 0.05) is 0 Å². The first-order valence-electron chi connectivity index (χ1n) is 3.24. The van der Waals surface area contributed by atoms with E-state index in [4.69, 9.17) is 5.11 Å². The molecule has 1 atom stereocenters. The Morgan fingerprint density at radius 3 is 2.55 bits per heavy atom. The molecule has 5 nitrogen and oxygen atoms in total. The quantitative estimate of drug-likeness (QED) is 0.549. The van der Waals surface area contributed by atoms with Crippen LogP contribution in [0.2, 0.25) is 0 Å². The van der Waals surface area contributed by atoms with Gasteiger partial charge in [0.15, 0.2) is 0 Å². The molecular formula is C5H9NO4S. The van der Waals surface area contributed by atoms with E-state index in [-0.39, 0.29) is 5.75 Å². The average molecular weight is 179 g/mol. The van der Waals surface area contributed by atoms with E-state index in [0.29, 0.717) is 12.8 Å².